The smallest absolute Gasteiger partial charge is 0.273 e. The average Bonchev–Trinajstić information content (AvgIpc) is 2.84. The van der Waals surface area contributed by atoms with Crippen LogP contribution >= 0.6 is 0 Å². The highest BCUT2D eigenvalue weighted by atomic mass is 16.2. The molecule has 0 radical (unpaired) electrons. The molecule has 1 aliphatic rings. The molecule has 112 valence electrons. The molecule has 0 aliphatic carbocycles. The Hall–Kier alpha value is -1.47. The Morgan fingerprint density at radius 2 is 2.40 bits per heavy atom. The first-order chi connectivity index (χ1) is 9.61. The Kier molecular flexibility index (Phi) is 5.08. The van der Waals surface area contributed by atoms with Crippen molar-refractivity contribution >= 4 is 5.91 Å². The molecule has 1 amide bonds. The van der Waals surface area contributed by atoms with Crippen LogP contribution in [0.25, 0.3) is 0 Å². The third kappa shape index (κ3) is 3.55. The molecule has 2 rings (SSSR count). The summed E-state index contributed by atoms with van der Waals surface area (Å²) in [5, 5.41) is 14.0. The fourth-order valence-electron chi connectivity index (χ4n) is 1.99. The van der Waals surface area contributed by atoms with Crippen LogP contribution in [0.15, 0.2) is 6.20 Å². The lowest BCUT2D eigenvalue weighted by molar-refractivity contribution is 0.0942. The molecule has 2 heterocycles. The second-order valence-corrected chi connectivity index (χ2v) is 5.39. The maximum Gasteiger partial charge on any atom is 0.273 e. The maximum atomic E-state index is 11.9. The Balaban J connectivity index is 1.75. The molecular formula is C13H24N6O. The summed E-state index contributed by atoms with van der Waals surface area (Å²) in [6.45, 7) is 7.58. The summed E-state index contributed by atoms with van der Waals surface area (Å²) in [7, 11) is 2.07. The molecule has 20 heavy (non-hydrogen) atoms. The summed E-state index contributed by atoms with van der Waals surface area (Å²) in [5.74, 6) is -0.152. The highest BCUT2D eigenvalue weighted by Crippen LogP contribution is 2.09. The van der Waals surface area contributed by atoms with Gasteiger partial charge >= 0.3 is 0 Å². The fourth-order valence-corrected chi connectivity index (χ4v) is 1.99. The van der Waals surface area contributed by atoms with E-state index in [1.54, 1.807) is 10.9 Å². The first-order valence-corrected chi connectivity index (χ1v) is 7.22. The second kappa shape index (κ2) is 6.81. The molecule has 1 fully saturated rings. The highest BCUT2D eigenvalue weighted by Gasteiger charge is 2.21. The van der Waals surface area contributed by atoms with Crippen LogP contribution in [0.3, 0.4) is 0 Å². The topological polar surface area (TPSA) is 75.1 Å². The minimum absolute atomic E-state index is 0.152. The normalized spacial score (nSPS) is 17.0. The van der Waals surface area contributed by atoms with Crippen molar-refractivity contribution in [3.63, 3.8) is 0 Å². The third-order valence-corrected chi connectivity index (χ3v) is 3.97. The third-order valence-electron chi connectivity index (χ3n) is 3.97. The second-order valence-electron chi connectivity index (χ2n) is 5.39. The van der Waals surface area contributed by atoms with Gasteiger partial charge in [-0.25, -0.2) is 4.68 Å². The molecule has 1 aliphatic heterocycles. The fraction of sp³-hybridized carbons (Fsp3) is 0.769. The van der Waals surface area contributed by atoms with E-state index in [1.807, 2.05) is 0 Å². The molecule has 1 atom stereocenters. The number of carbonyl (C=O) groups excluding carboxylic acids is 1. The number of hydrogen-bond donors (Lipinski definition) is 2. The van der Waals surface area contributed by atoms with Crippen LogP contribution in [-0.2, 0) is 0 Å². The molecule has 0 saturated carbocycles. The summed E-state index contributed by atoms with van der Waals surface area (Å²) >= 11 is 0. The molecule has 0 bridgehead atoms. The van der Waals surface area contributed by atoms with E-state index in [9.17, 15) is 4.79 Å². The summed E-state index contributed by atoms with van der Waals surface area (Å²) in [5.41, 5.74) is 0.392. The van der Waals surface area contributed by atoms with Gasteiger partial charge in [-0.1, -0.05) is 12.1 Å². The van der Waals surface area contributed by atoms with Gasteiger partial charge in [-0.3, -0.25) is 4.79 Å². The van der Waals surface area contributed by atoms with Crippen molar-refractivity contribution in [2.24, 2.45) is 0 Å². The number of likely N-dealkylation sites (N-methyl/N-ethyl adjacent to an activating group) is 1. The molecule has 0 aromatic carbocycles. The number of carbonyl (C=O) groups is 1. The van der Waals surface area contributed by atoms with Gasteiger partial charge in [-0.15, -0.1) is 5.10 Å². The Labute approximate surface area is 119 Å². The number of amides is 1. The lowest BCUT2D eigenvalue weighted by Gasteiger charge is -2.26. The van der Waals surface area contributed by atoms with Crippen molar-refractivity contribution in [2.45, 2.75) is 32.4 Å². The van der Waals surface area contributed by atoms with Crippen LogP contribution in [0.4, 0.5) is 0 Å². The van der Waals surface area contributed by atoms with Gasteiger partial charge in [0.1, 0.15) is 0 Å². The van der Waals surface area contributed by atoms with Gasteiger partial charge < -0.3 is 15.5 Å². The van der Waals surface area contributed by atoms with Crippen molar-refractivity contribution < 1.29 is 4.79 Å². The molecule has 1 saturated heterocycles. The van der Waals surface area contributed by atoms with Crippen molar-refractivity contribution in [1.82, 2.24) is 30.5 Å². The van der Waals surface area contributed by atoms with Crippen LogP contribution in [0.5, 0.6) is 0 Å². The van der Waals surface area contributed by atoms with E-state index in [0.29, 0.717) is 24.3 Å². The van der Waals surface area contributed by atoms with Crippen molar-refractivity contribution in [3.05, 3.63) is 11.9 Å². The predicted molar refractivity (Wildman–Crippen MR) is 76.6 cm³/mol. The Bertz CT molecular complexity index is 442. The molecule has 1 aromatic heterocycles. The molecular weight excluding hydrogens is 256 g/mol. The summed E-state index contributed by atoms with van der Waals surface area (Å²) in [6.07, 6.45) is 2.83. The average molecular weight is 280 g/mol. The van der Waals surface area contributed by atoms with Gasteiger partial charge in [0, 0.05) is 32.2 Å². The minimum Gasteiger partial charge on any atom is -0.349 e. The lowest BCUT2D eigenvalue weighted by atomic mass is 10.2. The van der Waals surface area contributed by atoms with Crippen LogP contribution < -0.4 is 10.6 Å². The summed E-state index contributed by atoms with van der Waals surface area (Å²) < 4.78 is 1.76. The number of nitrogens with zero attached hydrogens (tertiary/aromatic N) is 4. The monoisotopic (exact) mass is 280 g/mol. The molecule has 7 nitrogen and oxygen atoms in total. The van der Waals surface area contributed by atoms with E-state index in [0.717, 1.165) is 26.1 Å². The van der Waals surface area contributed by atoms with Crippen LogP contribution in [0, 0.1) is 0 Å². The predicted octanol–water partition coefficient (Wildman–Crippen LogP) is -0.117. The molecule has 7 heteroatoms. The van der Waals surface area contributed by atoms with Gasteiger partial charge in [0.05, 0.1) is 12.2 Å². The number of aromatic nitrogens is 3. The van der Waals surface area contributed by atoms with Crippen molar-refractivity contribution in [3.8, 4) is 0 Å². The minimum atomic E-state index is -0.152. The zero-order valence-corrected chi connectivity index (χ0v) is 12.5. The zero-order chi connectivity index (χ0) is 14.5. The van der Waals surface area contributed by atoms with Gasteiger partial charge in [-0.2, -0.15) is 0 Å². The van der Waals surface area contributed by atoms with Crippen molar-refractivity contribution in [1.29, 1.82) is 0 Å². The summed E-state index contributed by atoms with van der Waals surface area (Å²) in [4.78, 5) is 14.2. The van der Waals surface area contributed by atoms with Gasteiger partial charge in [-0.05, 0) is 20.4 Å². The first kappa shape index (κ1) is 14.9. The Morgan fingerprint density at radius 3 is 3.00 bits per heavy atom. The quantitative estimate of drug-likeness (QED) is 0.728. The molecule has 1 unspecified atom stereocenters. The molecule has 2 N–H and O–H groups in total. The largest absolute Gasteiger partial charge is 0.349 e. The van der Waals surface area contributed by atoms with E-state index < -0.39 is 0 Å². The molecule has 1 aromatic rings. The van der Waals surface area contributed by atoms with E-state index in [4.69, 9.17) is 0 Å². The van der Waals surface area contributed by atoms with Crippen LogP contribution in [-0.4, -0.2) is 65.1 Å². The first-order valence-electron chi connectivity index (χ1n) is 7.22. The van der Waals surface area contributed by atoms with Crippen LogP contribution in [0.1, 0.15) is 36.8 Å². The van der Waals surface area contributed by atoms with Gasteiger partial charge in [0.15, 0.2) is 5.69 Å². The van der Waals surface area contributed by atoms with Gasteiger partial charge in [0.2, 0.25) is 0 Å². The van der Waals surface area contributed by atoms with Crippen molar-refractivity contribution in [2.75, 3.05) is 33.2 Å². The SMILES string of the molecule is CCC(C)N(C)CCNC(=O)c1cn(C2CNC2)nn1. The van der Waals surface area contributed by atoms with Crippen LogP contribution in [0.2, 0.25) is 0 Å². The maximum absolute atomic E-state index is 11.9. The zero-order valence-electron chi connectivity index (χ0n) is 12.5. The highest BCUT2D eigenvalue weighted by molar-refractivity contribution is 5.91. The summed E-state index contributed by atoms with van der Waals surface area (Å²) in [6, 6.07) is 0.861. The van der Waals surface area contributed by atoms with E-state index >= 15 is 0 Å². The number of nitrogens with one attached hydrogen (secondary N) is 2. The van der Waals surface area contributed by atoms with E-state index in [1.165, 1.54) is 0 Å². The number of hydrogen-bond acceptors (Lipinski definition) is 5. The van der Waals surface area contributed by atoms with E-state index in [-0.39, 0.29) is 5.91 Å². The number of rotatable bonds is 7. The van der Waals surface area contributed by atoms with Gasteiger partial charge in [0.25, 0.3) is 5.91 Å². The Morgan fingerprint density at radius 1 is 1.65 bits per heavy atom. The lowest BCUT2D eigenvalue weighted by Crippen LogP contribution is -2.43. The molecule has 0 spiro atoms. The van der Waals surface area contributed by atoms with E-state index in [2.05, 4.69) is 46.7 Å². The standard InChI is InChI=1S/C13H24N6O/c1-4-10(2)18(3)6-5-15-13(20)12-9-19(17-16-12)11-7-14-8-11/h9-11,14H,4-8H2,1-3H3,(H,15,20).